The summed E-state index contributed by atoms with van der Waals surface area (Å²) in [5.74, 6) is -1.13. The molecule has 7 nitrogen and oxygen atoms in total. The van der Waals surface area contributed by atoms with Crippen LogP contribution in [0.25, 0.3) is 0 Å². The Balaban J connectivity index is 4.58. The second-order valence-corrected chi connectivity index (χ2v) is 5.73. The fraction of sp³-hybridized carbons (Fsp3) is 0.889. The van der Waals surface area contributed by atoms with Crippen LogP contribution in [0.2, 0.25) is 0 Å². The van der Waals surface area contributed by atoms with Gasteiger partial charge in [0.15, 0.2) is 0 Å². The minimum absolute atomic E-state index is 0.0494. The lowest BCUT2D eigenvalue weighted by atomic mass is 10.2. The van der Waals surface area contributed by atoms with Gasteiger partial charge in [-0.3, -0.25) is 4.79 Å². The van der Waals surface area contributed by atoms with E-state index in [0.29, 0.717) is 0 Å². The van der Waals surface area contributed by atoms with Gasteiger partial charge in [-0.2, -0.15) is 17.4 Å². The molecular formula is C9H20N2O5S. The van der Waals surface area contributed by atoms with E-state index in [1.807, 2.05) is 13.8 Å². The molecule has 0 aromatic heterocycles. The molecular weight excluding hydrogens is 248 g/mol. The van der Waals surface area contributed by atoms with Gasteiger partial charge in [0.1, 0.15) is 6.54 Å². The fourth-order valence-electron chi connectivity index (χ4n) is 1.17. The monoisotopic (exact) mass is 268 g/mol. The van der Waals surface area contributed by atoms with Crippen molar-refractivity contribution in [3.63, 3.8) is 0 Å². The highest BCUT2D eigenvalue weighted by Gasteiger charge is 2.24. The van der Waals surface area contributed by atoms with Crippen LogP contribution in [0.3, 0.4) is 0 Å². The molecule has 0 heterocycles. The normalized spacial score (nSPS) is 12.3. The van der Waals surface area contributed by atoms with E-state index in [4.69, 9.17) is 9.84 Å². The van der Waals surface area contributed by atoms with E-state index < -0.39 is 22.7 Å². The molecule has 2 N–H and O–H groups in total. The second-order valence-electron chi connectivity index (χ2n) is 3.97. The number of hydrogen-bond acceptors (Lipinski definition) is 4. The number of hydrogen-bond donors (Lipinski definition) is 2. The van der Waals surface area contributed by atoms with E-state index in [1.54, 1.807) is 0 Å². The Morgan fingerprint density at radius 1 is 1.47 bits per heavy atom. The predicted octanol–water partition coefficient (Wildman–Crippen LogP) is -0.490. The van der Waals surface area contributed by atoms with Crippen LogP contribution in [0.1, 0.15) is 13.8 Å². The van der Waals surface area contributed by atoms with E-state index in [1.165, 1.54) is 7.11 Å². The molecule has 0 atom stereocenters. The van der Waals surface area contributed by atoms with Crippen LogP contribution >= 0.6 is 0 Å². The number of carbonyl (C=O) groups is 1. The Labute approximate surface area is 102 Å². The highest BCUT2D eigenvalue weighted by atomic mass is 32.2. The molecule has 0 unspecified atom stereocenters. The Morgan fingerprint density at radius 3 is 2.47 bits per heavy atom. The van der Waals surface area contributed by atoms with Gasteiger partial charge in [-0.1, -0.05) is 13.8 Å². The third-order valence-corrected chi connectivity index (χ3v) is 3.34. The largest absolute Gasteiger partial charge is 0.480 e. The van der Waals surface area contributed by atoms with E-state index in [9.17, 15) is 13.2 Å². The van der Waals surface area contributed by atoms with Gasteiger partial charge in [-0.25, -0.2) is 0 Å². The molecule has 0 spiro atoms. The molecule has 0 fully saturated rings. The molecule has 0 amide bonds. The summed E-state index contributed by atoms with van der Waals surface area (Å²) < 4.78 is 31.5. The number of methoxy groups -OCH3 is 1. The van der Waals surface area contributed by atoms with Gasteiger partial charge in [-0.05, 0) is 5.92 Å². The van der Waals surface area contributed by atoms with Gasteiger partial charge in [0.25, 0.3) is 10.2 Å². The minimum Gasteiger partial charge on any atom is -0.480 e. The predicted molar refractivity (Wildman–Crippen MR) is 62.8 cm³/mol. The van der Waals surface area contributed by atoms with Crippen molar-refractivity contribution in [3.8, 4) is 0 Å². The average molecular weight is 268 g/mol. The molecule has 0 saturated heterocycles. The lowest BCUT2D eigenvalue weighted by molar-refractivity contribution is -0.137. The lowest BCUT2D eigenvalue weighted by Gasteiger charge is -2.22. The molecule has 0 aliphatic heterocycles. The van der Waals surface area contributed by atoms with E-state index in [0.717, 1.165) is 4.31 Å². The standard InChI is InChI=1S/C9H20N2O5S/c1-8(2)6-11(7-9(12)13)17(14,15)10-4-5-16-3/h8,10H,4-7H2,1-3H3,(H,12,13). The minimum atomic E-state index is -3.76. The molecule has 0 saturated carbocycles. The number of nitrogens with one attached hydrogen (secondary N) is 1. The maximum absolute atomic E-state index is 11.8. The molecule has 102 valence electrons. The van der Waals surface area contributed by atoms with Crippen molar-refractivity contribution in [2.75, 3.05) is 33.4 Å². The van der Waals surface area contributed by atoms with Crippen LogP contribution in [-0.4, -0.2) is 57.1 Å². The zero-order chi connectivity index (χ0) is 13.5. The zero-order valence-corrected chi connectivity index (χ0v) is 11.2. The van der Waals surface area contributed by atoms with Gasteiger partial charge in [-0.15, -0.1) is 0 Å². The summed E-state index contributed by atoms with van der Waals surface area (Å²) in [5, 5.41) is 8.67. The summed E-state index contributed by atoms with van der Waals surface area (Å²) in [7, 11) is -2.31. The van der Waals surface area contributed by atoms with Crippen molar-refractivity contribution >= 4 is 16.2 Å². The van der Waals surface area contributed by atoms with Gasteiger partial charge >= 0.3 is 5.97 Å². The number of carboxylic acid groups (broad SMARTS) is 1. The van der Waals surface area contributed by atoms with Crippen molar-refractivity contribution in [2.45, 2.75) is 13.8 Å². The van der Waals surface area contributed by atoms with Gasteiger partial charge in [0.2, 0.25) is 0 Å². The molecule has 8 heteroatoms. The number of aliphatic carboxylic acids is 1. The fourth-order valence-corrected chi connectivity index (χ4v) is 2.47. The third-order valence-electron chi connectivity index (χ3n) is 1.81. The number of rotatable bonds is 9. The molecule has 0 aliphatic carbocycles. The van der Waals surface area contributed by atoms with Crippen molar-refractivity contribution in [1.29, 1.82) is 0 Å². The van der Waals surface area contributed by atoms with Crippen LogP contribution in [0.15, 0.2) is 0 Å². The lowest BCUT2D eigenvalue weighted by Crippen LogP contribution is -2.45. The first-order valence-corrected chi connectivity index (χ1v) is 6.69. The van der Waals surface area contributed by atoms with Crippen molar-refractivity contribution in [3.05, 3.63) is 0 Å². The van der Waals surface area contributed by atoms with Crippen molar-refractivity contribution in [1.82, 2.24) is 9.03 Å². The van der Waals surface area contributed by atoms with Crippen LogP contribution in [0, 0.1) is 5.92 Å². The number of ether oxygens (including phenoxy) is 1. The highest BCUT2D eigenvalue weighted by Crippen LogP contribution is 2.03. The van der Waals surface area contributed by atoms with E-state index in [2.05, 4.69) is 4.72 Å². The van der Waals surface area contributed by atoms with Gasteiger partial charge in [0, 0.05) is 20.2 Å². The van der Waals surface area contributed by atoms with Gasteiger partial charge in [0.05, 0.1) is 6.61 Å². The third kappa shape index (κ3) is 7.27. The van der Waals surface area contributed by atoms with Crippen LogP contribution in [-0.2, 0) is 19.7 Å². The smallest absolute Gasteiger partial charge is 0.318 e. The first kappa shape index (κ1) is 16.3. The summed E-state index contributed by atoms with van der Waals surface area (Å²) in [6, 6.07) is 0. The molecule has 0 aromatic carbocycles. The first-order chi connectivity index (χ1) is 7.79. The van der Waals surface area contributed by atoms with Crippen molar-refractivity contribution < 1.29 is 23.1 Å². The summed E-state index contributed by atoms with van der Waals surface area (Å²) in [4.78, 5) is 10.6. The summed E-state index contributed by atoms with van der Waals surface area (Å²) >= 11 is 0. The summed E-state index contributed by atoms with van der Waals surface area (Å²) in [6.07, 6.45) is 0. The Bertz CT molecular complexity index is 328. The second kappa shape index (κ2) is 7.59. The summed E-state index contributed by atoms with van der Waals surface area (Å²) in [5.41, 5.74) is 0. The highest BCUT2D eigenvalue weighted by molar-refractivity contribution is 7.87. The van der Waals surface area contributed by atoms with Crippen LogP contribution < -0.4 is 4.72 Å². The first-order valence-electron chi connectivity index (χ1n) is 5.25. The molecule has 0 rings (SSSR count). The average Bonchev–Trinajstić information content (AvgIpc) is 2.15. The Kier molecular flexibility index (Phi) is 7.28. The van der Waals surface area contributed by atoms with Gasteiger partial charge < -0.3 is 9.84 Å². The molecule has 17 heavy (non-hydrogen) atoms. The van der Waals surface area contributed by atoms with E-state index in [-0.39, 0.29) is 25.6 Å². The number of carboxylic acids is 1. The molecule has 0 radical (unpaired) electrons. The maximum Gasteiger partial charge on any atom is 0.318 e. The van der Waals surface area contributed by atoms with Crippen LogP contribution in [0.5, 0.6) is 0 Å². The Hall–Kier alpha value is -0.700. The Morgan fingerprint density at radius 2 is 2.06 bits per heavy atom. The topological polar surface area (TPSA) is 95.9 Å². The molecule has 0 bridgehead atoms. The number of nitrogens with zero attached hydrogens (tertiary/aromatic N) is 1. The van der Waals surface area contributed by atoms with Crippen molar-refractivity contribution in [2.24, 2.45) is 5.92 Å². The summed E-state index contributed by atoms with van der Waals surface area (Å²) in [6.45, 7) is 3.61. The van der Waals surface area contributed by atoms with E-state index >= 15 is 0 Å². The van der Waals surface area contributed by atoms with Crippen LogP contribution in [0.4, 0.5) is 0 Å². The molecule has 0 aliphatic rings. The molecule has 0 aromatic rings. The zero-order valence-electron chi connectivity index (χ0n) is 10.3. The quantitative estimate of drug-likeness (QED) is 0.550. The maximum atomic E-state index is 11.8. The SMILES string of the molecule is COCCNS(=O)(=O)N(CC(=O)O)CC(C)C.